The highest BCUT2D eigenvalue weighted by Gasteiger charge is 2.31. The van der Waals surface area contributed by atoms with Gasteiger partial charge in [-0.1, -0.05) is 12.1 Å². The maximum Gasteiger partial charge on any atom is 0.0991 e. The Morgan fingerprint density at radius 2 is 1.81 bits per heavy atom. The van der Waals surface area contributed by atoms with Crippen LogP contribution < -0.4 is 5.32 Å². The molecule has 2 saturated heterocycles. The fourth-order valence-corrected chi connectivity index (χ4v) is 3.53. The molecule has 21 heavy (non-hydrogen) atoms. The first-order valence-electron chi connectivity index (χ1n) is 7.91. The van der Waals surface area contributed by atoms with E-state index in [4.69, 9.17) is 10.00 Å². The van der Waals surface area contributed by atoms with E-state index >= 15 is 0 Å². The fraction of sp³-hybridized carbons (Fsp3) is 0.588. The Bertz CT molecular complexity index is 464. The second-order valence-electron chi connectivity index (χ2n) is 5.91. The van der Waals surface area contributed by atoms with Crippen LogP contribution >= 0.6 is 0 Å². The van der Waals surface area contributed by atoms with Crippen LogP contribution in [0.25, 0.3) is 0 Å². The lowest BCUT2D eigenvalue weighted by Gasteiger charge is -2.41. The molecule has 0 spiro atoms. The molecule has 4 nitrogen and oxygen atoms in total. The van der Waals surface area contributed by atoms with E-state index in [1.165, 1.54) is 5.56 Å². The van der Waals surface area contributed by atoms with Crippen molar-refractivity contribution in [3.8, 4) is 6.07 Å². The Balaban J connectivity index is 1.84. The maximum atomic E-state index is 8.98. The zero-order valence-corrected chi connectivity index (χ0v) is 12.4. The summed E-state index contributed by atoms with van der Waals surface area (Å²) in [7, 11) is 0. The first kappa shape index (κ1) is 14.5. The molecule has 0 unspecified atom stereocenters. The van der Waals surface area contributed by atoms with E-state index in [-0.39, 0.29) is 0 Å². The molecule has 4 heteroatoms. The monoisotopic (exact) mass is 285 g/mol. The average molecular weight is 285 g/mol. The van der Waals surface area contributed by atoms with Gasteiger partial charge in [0, 0.05) is 45.4 Å². The number of piperazine rings is 1. The number of nitrogens with one attached hydrogen (secondary N) is 1. The van der Waals surface area contributed by atoms with Crippen molar-refractivity contribution in [2.45, 2.75) is 18.9 Å². The number of ether oxygens (including phenoxy) is 1. The van der Waals surface area contributed by atoms with Crippen LogP contribution in [0.3, 0.4) is 0 Å². The molecule has 2 aliphatic rings. The van der Waals surface area contributed by atoms with Gasteiger partial charge in [0.1, 0.15) is 0 Å². The van der Waals surface area contributed by atoms with Crippen molar-refractivity contribution >= 4 is 0 Å². The molecule has 0 aliphatic carbocycles. The maximum absolute atomic E-state index is 8.98. The van der Waals surface area contributed by atoms with E-state index in [1.54, 1.807) is 0 Å². The number of rotatable bonds is 3. The summed E-state index contributed by atoms with van der Waals surface area (Å²) >= 11 is 0. The van der Waals surface area contributed by atoms with E-state index in [2.05, 4.69) is 28.4 Å². The number of nitriles is 1. The molecule has 2 fully saturated rings. The van der Waals surface area contributed by atoms with Gasteiger partial charge in [-0.3, -0.25) is 4.90 Å². The van der Waals surface area contributed by atoms with Gasteiger partial charge in [-0.05, 0) is 36.5 Å². The highest BCUT2D eigenvalue weighted by atomic mass is 16.5. The van der Waals surface area contributed by atoms with Crippen molar-refractivity contribution in [1.82, 2.24) is 10.2 Å². The third-order valence-corrected chi connectivity index (χ3v) is 4.64. The molecule has 112 valence electrons. The molecule has 0 aromatic heterocycles. The van der Waals surface area contributed by atoms with Gasteiger partial charge in [-0.2, -0.15) is 5.26 Å². The van der Waals surface area contributed by atoms with Crippen LogP contribution in [0.1, 0.15) is 30.0 Å². The molecule has 0 saturated carbocycles. The summed E-state index contributed by atoms with van der Waals surface area (Å²) in [6, 6.07) is 10.8. The predicted molar refractivity (Wildman–Crippen MR) is 81.9 cm³/mol. The van der Waals surface area contributed by atoms with E-state index in [1.807, 2.05) is 12.1 Å². The predicted octanol–water partition coefficient (Wildman–Crippen LogP) is 1.93. The Morgan fingerprint density at radius 1 is 1.14 bits per heavy atom. The molecule has 0 radical (unpaired) electrons. The fourth-order valence-electron chi connectivity index (χ4n) is 3.53. The lowest BCUT2D eigenvalue weighted by Crippen LogP contribution is -2.47. The van der Waals surface area contributed by atoms with Crippen molar-refractivity contribution in [3.63, 3.8) is 0 Å². The van der Waals surface area contributed by atoms with Gasteiger partial charge in [0.2, 0.25) is 0 Å². The summed E-state index contributed by atoms with van der Waals surface area (Å²) in [4.78, 5) is 2.61. The van der Waals surface area contributed by atoms with Crippen molar-refractivity contribution in [3.05, 3.63) is 35.4 Å². The van der Waals surface area contributed by atoms with Crippen molar-refractivity contribution < 1.29 is 4.74 Å². The Kier molecular flexibility index (Phi) is 4.87. The minimum absolute atomic E-state index is 0.462. The molecule has 1 aromatic carbocycles. The lowest BCUT2D eigenvalue weighted by atomic mass is 9.85. The molecule has 3 rings (SSSR count). The van der Waals surface area contributed by atoms with Crippen LogP contribution in [0.2, 0.25) is 0 Å². The number of nitrogens with zero attached hydrogens (tertiary/aromatic N) is 2. The van der Waals surface area contributed by atoms with E-state index < -0.39 is 0 Å². The van der Waals surface area contributed by atoms with Crippen LogP contribution in [0.4, 0.5) is 0 Å². The zero-order chi connectivity index (χ0) is 14.5. The van der Waals surface area contributed by atoms with Crippen molar-refractivity contribution in [2.24, 2.45) is 5.92 Å². The van der Waals surface area contributed by atoms with Gasteiger partial charge in [-0.15, -0.1) is 0 Å². The van der Waals surface area contributed by atoms with E-state index in [9.17, 15) is 0 Å². The first-order valence-corrected chi connectivity index (χ1v) is 7.91. The number of hydrogen-bond donors (Lipinski definition) is 1. The zero-order valence-electron chi connectivity index (χ0n) is 12.4. The highest BCUT2D eigenvalue weighted by Crippen LogP contribution is 2.35. The van der Waals surface area contributed by atoms with Gasteiger partial charge in [0.15, 0.2) is 0 Å². The van der Waals surface area contributed by atoms with Gasteiger partial charge in [0.25, 0.3) is 0 Å². The third kappa shape index (κ3) is 3.44. The van der Waals surface area contributed by atoms with E-state index in [0.717, 1.165) is 57.8 Å². The second kappa shape index (κ2) is 7.04. The summed E-state index contributed by atoms with van der Waals surface area (Å²) in [5.74, 6) is 0.657. The summed E-state index contributed by atoms with van der Waals surface area (Å²) in [6.07, 6.45) is 2.27. The average Bonchev–Trinajstić information content (AvgIpc) is 2.58. The van der Waals surface area contributed by atoms with Crippen molar-refractivity contribution in [1.29, 1.82) is 5.26 Å². The molecule has 2 heterocycles. The summed E-state index contributed by atoms with van der Waals surface area (Å²) in [6.45, 7) is 6.09. The molecular formula is C17H23N3O. The standard InChI is InChI=1S/C17H23N3O/c18-13-14-1-3-15(4-2-14)17(16-5-11-21-12-6-16)20-9-7-19-8-10-20/h1-4,16-17,19H,5-12H2/t17-/m0/s1. The minimum atomic E-state index is 0.462. The van der Waals surface area contributed by atoms with Gasteiger partial charge >= 0.3 is 0 Å². The second-order valence-corrected chi connectivity index (χ2v) is 5.91. The SMILES string of the molecule is N#Cc1ccc([C@@H](C2CCOCC2)N2CCNCC2)cc1. The largest absolute Gasteiger partial charge is 0.381 e. The topological polar surface area (TPSA) is 48.3 Å². The molecule has 2 aliphatic heterocycles. The summed E-state index contributed by atoms with van der Waals surface area (Å²) < 4.78 is 5.54. The van der Waals surface area contributed by atoms with Crippen LogP contribution in [0.15, 0.2) is 24.3 Å². The molecule has 0 amide bonds. The molecule has 1 aromatic rings. The summed E-state index contributed by atoms with van der Waals surface area (Å²) in [5, 5.41) is 12.4. The lowest BCUT2D eigenvalue weighted by molar-refractivity contribution is 0.0213. The normalized spacial score (nSPS) is 22.6. The molecule has 1 N–H and O–H groups in total. The van der Waals surface area contributed by atoms with Crippen molar-refractivity contribution in [2.75, 3.05) is 39.4 Å². The van der Waals surface area contributed by atoms with Gasteiger partial charge in [0.05, 0.1) is 11.6 Å². The molecule has 1 atom stereocenters. The van der Waals surface area contributed by atoms with E-state index in [0.29, 0.717) is 12.0 Å². The van der Waals surface area contributed by atoms with Crippen LogP contribution in [0.5, 0.6) is 0 Å². The van der Waals surface area contributed by atoms with Gasteiger partial charge in [-0.25, -0.2) is 0 Å². The quantitative estimate of drug-likeness (QED) is 0.922. The smallest absolute Gasteiger partial charge is 0.0991 e. The third-order valence-electron chi connectivity index (χ3n) is 4.64. The van der Waals surface area contributed by atoms with Crippen LogP contribution in [0, 0.1) is 17.2 Å². The molecular weight excluding hydrogens is 262 g/mol. The van der Waals surface area contributed by atoms with Crippen LogP contribution in [-0.4, -0.2) is 44.3 Å². The Hall–Kier alpha value is -1.41. The Labute approximate surface area is 126 Å². The molecule has 0 bridgehead atoms. The van der Waals surface area contributed by atoms with Gasteiger partial charge < -0.3 is 10.1 Å². The first-order chi connectivity index (χ1) is 10.4. The number of hydrogen-bond acceptors (Lipinski definition) is 4. The minimum Gasteiger partial charge on any atom is -0.381 e. The Morgan fingerprint density at radius 3 is 2.43 bits per heavy atom. The summed E-state index contributed by atoms with van der Waals surface area (Å²) in [5.41, 5.74) is 2.09. The van der Waals surface area contributed by atoms with Crippen LogP contribution in [-0.2, 0) is 4.74 Å². The number of benzene rings is 1. The highest BCUT2D eigenvalue weighted by molar-refractivity contribution is 5.33.